The van der Waals surface area contributed by atoms with Gasteiger partial charge in [0.1, 0.15) is 0 Å². The van der Waals surface area contributed by atoms with Crippen LogP contribution in [0.15, 0.2) is 60.9 Å². The van der Waals surface area contributed by atoms with Gasteiger partial charge in [-0.2, -0.15) is 5.10 Å². The maximum absolute atomic E-state index is 4.04. The highest BCUT2D eigenvalue weighted by atomic mass is 15.1. The number of rotatable bonds is 7. The molecule has 0 aliphatic heterocycles. The maximum atomic E-state index is 4.04. The topological polar surface area (TPSA) is 40.7 Å². The summed E-state index contributed by atoms with van der Waals surface area (Å²) in [7, 11) is 0. The third-order valence-corrected chi connectivity index (χ3v) is 5.10. The maximum Gasteiger partial charge on any atom is 0.0565 e. The Balaban J connectivity index is 1.56. The first-order valence-electron chi connectivity index (χ1n) is 9.16. The minimum absolute atomic E-state index is 0.387. The first kappa shape index (κ1) is 16.1. The van der Waals surface area contributed by atoms with Crippen molar-refractivity contribution in [1.29, 1.82) is 0 Å². The molecule has 0 spiro atoms. The van der Waals surface area contributed by atoms with E-state index in [-0.39, 0.29) is 0 Å². The summed E-state index contributed by atoms with van der Waals surface area (Å²) in [4.78, 5) is 0. The van der Waals surface area contributed by atoms with Crippen molar-refractivity contribution in [2.24, 2.45) is 5.92 Å². The summed E-state index contributed by atoms with van der Waals surface area (Å²) >= 11 is 0. The van der Waals surface area contributed by atoms with Crippen LogP contribution in [0.2, 0.25) is 0 Å². The van der Waals surface area contributed by atoms with Gasteiger partial charge in [-0.05, 0) is 48.9 Å². The Bertz CT molecular complexity index is 784. The minimum Gasteiger partial charge on any atom is -0.316 e. The van der Waals surface area contributed by atoms with Crippen LogP contribution >= 0.6 is 0 Å². The van der Waals surface area contributed by atoms with Gasteiger partial charge in [0.15, 0.2) is 0 Å². The molecule has 4 rings (SSSR count). The third-order valence-electron chi connectivity index (χ3n) is 5.10. The number of aromatic amines is 1. The van der Waals surface area contributed by atoms with Gasteiger partial charge in [0.05, 0.1) is 6.20 Å². The van der Waals surface area contributed by atoms with Crippen molar-refractivity contribution < 1.29 is 0 Å². The van der Waals surface area contributed by atoms with Crippen molar-refractivity contribution >= 4 is 0 Å². The quantitative estimate of drug-likeness (QED) is 0.668. The van der Waals surface area contributed by atoms with Gasteiger partial charge in [-0.15, -0.1) is 0 Å². The second kappa shape index (κ2) is 7.24. The highest BCUT2D eigenvalue weighted by molar-refractivity contribution is 5.62. The van der Waals surface area contributed by atoms with Crippen LogP contribution in [-0.2, 0) is 0 Å². The molecule has 128 valence electrons. The van der Waals surface area contributed by atoms with Gasteiger partial charge in [0, 0.05) is 24.2 Å². The van der Waals surface area contributed by atoms with Gasteiger partial charge in [0.2, 0.25) is 0 Å². The number of hydrogen-bond acceptors (Lipinski definition) is 2. The molecule has 1 fully saturated rings. The summed E-state index contributed by atoms with van der Waals surface area (Å²) in [6, 6.07) is 17.9. The minimum atomic E-state index is 0.387. The van der Waals surface area contributed by atoms with Crippen LogP contribution in [0.1, 0.15) is 35.4 Å². The molecule has 2 N–H and O–H groups in total. The molecule has 1 aliphatic rings. The number of nitrogens with one attached hydrogen (secondary N) is 2. The molecule has 3 nitrogen and oxygen atoms in total. The summed E-state index contributed by atoms with van der Waals surface area (Å²) < 4.78 is 0. The van der Waals surface area contributed by atoms with E-state index in [1.165, 1.54) is 35.1 Å². The van der Waals surface area contributed by atoms with Crippen LogP contribution in [0.3, 0.4) is 0 Å². The Kier molecular flexibility index (Phi) is 4.66. The summed E-state index contributed by atoms with van der Waals surface area (Å²) in [5, 5.41) is 10.6. The van der Waals surface area contributed by atoms with Crippen molar-refractivity contribution in [2.75, 3.05) is 13.1 Å². The number of H-pyrrole nitrogens is 1. The predicted molar refractivity (Wildman–Crippen MR) is 103 cm³/mol. The largest absolute Gasteiger partial charge is 0.316 e. The van der Waals surface area contributed by atoms with E-state index in [4.69, 9.17) is 0 Å². The molecule has 1 saturated carbocycles. The highest BCUT2D eigenvalue weighted by Crippen LogP contribution is 2.29. The second-order valence-electron chi connectivity index (χ2n) is 7.17. The lowest BCUT2D eigenvalue weighted by Crippen LogP contribution is -2.24. The highest BCUT2D eigenvalue weighted by Gasteiger charge is 2.21. The van der Waals surface area contributed by atoms with E-state index < -0.39 is 0 Å². The predicted octanol–water partition coefficient (Wildman–Crippen LogP) is 4.52. The monoisotopic (exact) mass is 331 g/mol. The van der Waals surface area contributed by atoms with E-state index >= 15 is 0 Å². The number of aryl methyl sites for hydroxylation is 1. The zero-order chi connectivity index (χ0) is 17.1. The van der Waals surface area contributed by atoms with E-state index in [1.807, 2.05) is 12.4 Å². The fourth-order valence-electron chi connectivity index (χ4n) is 3.30. The van der Waals surface area contributed by atoms with Crippen molar-refractivity contribution in [3.8, 4) is 11.1 Å². The van der Waals surface area contributed by atoms with Crippen LogP contribution in [0.4, 0.5) is 0 Å². The van der Waals surface area contributed by atoms with Crippen molar-refractivity contribution in [3.05, 3.63) is 77.6 Å². The molecule has 3 aromatic rings. The van der Waals surface area contributed by atoms with Crippen LogP contribution < -0.4 is 5.32 Å². The lowest BCUT2D eigenvalue weighted by molar-refractivity contribution is 0.603. The van der Waals surface area contributed by atoms with E-state index in [9.17, 15) is 0 Å². The SMILES string of the molecule is Cc1ccc(C(CNCC2CC2)c2ccc(-c3cn[nH]c3)cc2)cc1. The zero-order valence-corrected chi connectivity index (χ0v) is 14.7. The third kappa shape index (κ3) is 3.99. The number of aromatic nitrogens is 2. The summed E-state index contributed by atoms with van der Waals surface area (Å²) in [6.45, 7) is 4.28. The average Bonchev–Trinajstić information content (AvgIpc) is 3.30. The first-order chi connectivity index (χ1) is 12.3. The molecule has 0 saturated heterocycles. The fourth-order valence-corrected chi connectivity index (χ4v) is 3.30. The lowest BCUT2D eigenvalue weighted by Gasteiger charge is -2.19. The molecular formula is C22H25N3. The molecule has 1 unspecified atom stereocenters. The van der Waals surface area contributed by atoms with Gasteiger partial charge in [-0.3, -0.25) is 5.10 Å². The van der Waals surface area contributed by atoms with Crippen molar-refractivity contribution in [2.45, 2.75) is 25.7 Å². The molecule has 0 radical (unpaired) electrons. The lowest BCUT2D eigenvalue weighted by atomic mass is 9.89. The van der Waals surface area contributed by atoms with E-state index in [2.05, 4.69) is 71.0 Å². The summed E-state index contributed by atoms with van der Waals surface area (Å²) in [5.74, 6) is 1.29. The summed E-state index contributed by atoms with van der Waals surface area (Å²) in [6.07, 6.45) is 6.58. The van der Waals surface area contributed by atoms with Crippen LogP contribution in [0.25, 0.3) is 11.1 Å². The van der Waals surface area contributed by atoms with Crippen LogP contribution in [-0.4, -0.2) is 23.3 Å². The number of hydrogen-bond donors (Lipinski definition) is 2. The molecule has 25 heavy (non-hydrogen) atoms. The standard InChI is InChI=1S/C22H25N3/c1-16-2-6-19(7-3-16)22(15-23-12-17-4-5-17)20-10-8-18(9-11-20)21-13-24-25-14-21/h2-3,6-11,13-14,17,22-23H,4-5,12,15H2,1H3,(H,24,25). The molecule has 1 heterocycles. The Morgan fingerprint density at radius 1 is 1.00 bits per heavy atom. The van der Waals surface area contributed by atoms with Gasteiger partial charge < -0.3 is 5.32 Å². The molecule has 3 heteroatoms. The molecular weight excluding hydrogens is 306 g/mol. The van der Waals surface area contributed by atoms with E-state index in [1.54, 1.807) is 0 Å². The summed E-state index contributed by atoms with van der Waals surface area (Å²) in [5.41, 5.74) is 6.38. The molecule has 1 aromatic heterocycles. The Morgan fingerprint density at radius 2 is 1.68 bits per heavy atom. The molecule has 1 atom stereocenters. The van der Waals surface area contributed by atoms with Gasteiger partial charge >= 0.3 is 0 Å². The Hall–Kier alpha value is -2.39. The zero-order valence-electron chi connectivity index (χ0n) is 14.7. The molecule has 0 bridgehead atoms. The second-order valence-corrected chi connectivity index (χ2v) is 7.17. The first-order valence-corrected chi connectivity index (χ1v) is 9.16. The van der Waals surface area contributed by atoms with Gasteiger partial charge in [0.25, 0.3) is 0 Å². The van der Waals surface area contributed by atoms with E-state index in [0.717, 1.165) is 24.6 Å². The Labute approximate surface area is 149 Å². The smallest absolute Gasteiger partial charge is 0.0565 e. The number of benzene rings is 2. The van der Waals surface area contributed by atoms with Gasteiger partial charge in [-0.25, -0.2) is 0 Å². The van der Waals surface area contributed by atoms with Gasteiger partial charge in [-0.1, -0.05) is 54.1 Å². The molecule has 1 aliphatic carbocycles. The van der Waals surface area contributed by atoms with Crippen molar-refractivity contribution in [3.63, 3.8) is 0 Å². The van der Waals surface area contributed by atoms with E-state index in [0.29, 0.717) is 5.92 Å². The van der Waals surface area contributed by atoms with Crippen LogP contribution in [0, 0.1) is 12.8 Å². The Morgan fingerprint density at radius 3 is 2.28 bits per heavy atom. The fraction of sp³-hybridized carbons (Fsp3) is 0.318. The van der Waals surface area contributed by atoms with Crippen LogP contribution in [0.5, 0.6) is 0 Å². The molecule has 2 aromatic carbocycles. The molecule has 0 amide bonds. The number of nitrogens with zero attached hydrogens (tertiary/aromatic N) is 1. The van der Waals surface area contributed by atoms with Crippen molar-refractivity contribution in [1.82, 2.24) is 15.5 Å². The normalized spacial score (nSPS) is 15.2. The average molecular weight is 331 g/mol.